The van der Waals surface area contributed by atoms with Crippen molar-refractivity contribution >= 4 is 52.4 Å². The van der Waals surface area contributed by atoms with E-state index in [-0.39, 0.29) is 22.2 Å². The van der Waals surface area contributed by atoms with Crippen LogP contribution in [0.5, 0.6) is 11.5 Å². The van der Waals surface area contributed by atoms with Crippen molar-refractivity contribution in [3.63, 3.8) is 0 Å². The molecule has 1 N–H and O–H groups in total. The molecule has 0 fully saturated rings. The number of benzene rings is 3. The second kappa shape index (κ2) is 9.59. The first kappa shape index (κ1) is 23.4. The lowest BCUT2D eigenvalue weighted by atomic mass is 10.2. The van der Waals surface area contributed by atoms with E-state index in [1.54, 1.807) is 36.4 Å². The Hall–Kier alpha value is -3.81. The third-order valence-electron chi connectivity index (χ3n) is 5.03. The zero-order valence-electron chi connectivity index (χ0n) is 18.1. The Balaban J connectivity index is 1.51. The Morgan fingerprint density at radius 3 is 2.24 bits per heavy atom. The molecule has 0 atom stereocenters. The fourth-order valence-corrected chi connectivity index (χ4v) is 3.65. The fraction of sp³-hybridized carbons (Fsp3) is 0.0800. The summed E-state index contributed by atoms with van der Waals surface area (Å²) in [6.07, 6.45) is 0. The highest BCUT2D eigenvalue weighted by Gasteiger charge is 2.40. The van der Waals surface area contributed by atoms with Crippen LogP contribution in [0.3, 0.4) is 0 Å². The van der Waals surface area contributed by atoms with Gasteiger partial charge in [-0.15, -0.1) is 0 Å². The van der Waals surface area contributed by atoms with Crippen molar-refractivity contribution in [2.45, 2.75) is 6.92 Å². The number of carbonyl (C=O) groups is 3. The normalized spacial score (nSPS) is 13.4. The molecule has 0 spiro atoms. The molecule has 1 aliphatic rings. The van der Waals surface area contributed by atoms with Crippen LogP contribution in [-0.4, -0.2) is 24.9 Å². The molecule has 4 rings (SSSR count). The summed E-state index contributed by atoms with van der Waals surface area (Å²) in [6, 6.07) is 17.9. The first-order chi connectivity index (χ1) is 16.3. The molecule has 9 heteroatoms. The summed E-state index contributed by atoms with van der Waals surface area (Å²) in [4.78, 5) is 39.1. The smallest absolute Gasteiger partial charge is 0.343 e. The summed E-state index contributed by atoms with van der Waals surface area (Å²) in [5.41, 5.74) is 1.87. The van der Waals surface area contributed by atoms with E-state index in [0.717, 1.165) is 10.5 Å². The summed E-state index contributed by atoms with van der Waals surface area (Å²) >= 11 is 12.2. The standard InChI is InChI=1S/C25H18Cl2N2O5/c1-14-3-10-18(11-4-14)34-25(32)15-5-8-17(9-6-15)28-22-21(27)23(30)29(24(22)31)19-13-16(26)7-12-20(19)33-2/h3-13,28H,1-2H3. The number of amides is 2. The molecule has 3 aromatic rings. The summed E-state index contributed by atoms with van der Waals surface area (Å²) in [6.45, 7) is 1.94. The number of esters is 1. The molecule has 2 amide bonds. The van der Waals surface area contributed by atoms with Gasteiger partial charge in [0.05, 0.1) is 18.4 Å². The maximum atomic E-state index is 13.0. The summed E-state index contributed by atoms with van der Waals surface area (Å²) < 4.78 is 10.6. The van der Waals surface area contributed by atoms with E-state index >= 15 is 0 Å². The fourth-order valence-electron chi connectivity index (χ4n) is 3.27. The van der Waals surface area contributed by atoms with Crippen molar-refractivity contribution in [1.82, 2.24) is 0 Å². The molecule has 1 aliphatic heterocycles. The quantitative estimate of drug-likeness (QED) is 0.282. The van der Waals surface area contributed by atoms with Crippen molar-refractivity contribution in [3.05, 3.63) is 93.6 Å². The van der Waals surface area contributed by atoms with E-state index in [1.807, 2.05) is 19.1 Å². The van der Waals surface area contributed by atoms with Crippen molar-refractivity contribution in [2.75, 3.05) is 17.3 Å². The number of hydrogen-bond donors (Lipinski definition) is 1. The number of nitrogens with zero attached hydrogens (tertiary/aromatic N) is 1. The van der Waals surface area contributed by atoms with Crippen LogP contribution >= 0.6 is 23.2 Å². The van der Waals surface area contributed by atoms with E-state index in [1.165, 1.54) is 25.3 Å². The maximum Gasteiger partial charge on any atom is 0.343 e. The lowest BCUT2D eigenvalue weighted by molar-refractivity contribution is -0.120. The molecule has 0 aliphatic carbocycles. The van der Waals surface area contributed by atoms with Gasteiger partial charge in [-0.05, 0) is 61.5 Å². The highest BCUT2D eigenvalue weighted by Crippen LogP contribution is 2.37. The topological polar surface area (TPSA) is 84.9 Å². The third kappa shape index (κ3) is 4.62. The maximum absolute atomic E-state index is 13.0. The molecule has 0 saturated heterocycles. The highest BCUT2D eigenvalue weighted by atomic mass is 35.5. The molecule has 0 bridgehead atoms. The molecule has 172 valence electrons. The number of halogens is 2. The van der Waals surface area contributed by atoms with Gasteiger partial charge < -0.3 is 14.8 Å². The van der Waals surface area contributed by atoms with Gasteiger partial charge >= 0.3 is 5.97 Å². The molecule has 0 radical (unpaired) electrons. The molecule has 0 aromatic heterocycles. The van der Waals surface area contributed by atoms with Crippen molar-refractivity contribution in [3.8, 4) is 11.5 Å². The van der Waals surface area contributed by atoms with E-state index < -0.39 is 17.8 Å². The Kier molecular flexibility index (Phi) is 6.58. The van der Waals surface area contributed by atoms with Crippen LogP contribution in [0.25, 0.3) is 0 Å². The van der Waals surface area contributed by atoms with Gasteiger partial charge in [-0.3, -0.25) is 9.59 Å². The Morgan fingerprint density at radius 2 is 1.59 bits per heavy atom. The molecule has 1 heterocycles. The average molecular weight is 497 g/mol. The van der Waals surface area contributed by atoms with E-state index in [2.05, 4.69) is 5.32 Å². The minimum Gasteiger partial charge on any atom is -0.495 e. The number of anilines is 2. The SMILES string of the molecule is COc1ccc(Cl)cc1N1C(=O)C(Cl)=C(Nc2ccc(C(=O)Oc3ccc(C)cc3)cc2)C1=O. The van der Waals surface area contributed by atoms with Gasteiger partial charge in [-0.2, -0.15) is 0 Å². The van der Waals surface area contributed by atoms with Crippen LogP contribution in [0.4, 0.5) is 11.4 Å². The Labute approximate surface area is 205 Å². The van der Waals surface area contributed by atoms with Gasteiger partial charge in [-0.25, -0.2) is 9.69 Å². The van der Waals surface area contributed by atoms with Gasteiger partial charge in [0, 0.05) is 10.7 Å². The minimum absolute atomic E-state index is 0.108. The van der Waals surface area contributed by atoms with E-state index in [4.69, 9.17) is 32.7 Å². The van der Waals surface area contributed by atoms with Gasteiger partial charge in [0.25, 0.3) is 11.8 Å². The monoisotopic (exact) mass is 496 g/mol. The van der Waals surface area contributed by atoms with Crippen LogP contribution < -0.4 is 19.7 Å². The Bertz CT molecular complexity index is 1320. The predicted octanol–water partition coefficient (Wildman–Crippen LogP) is 5.31. The van der Waals surface area contributed by atoms with Crippen molar-refractivity contribution in [1.29, 1.82) is 0 Å². The van der Waals surface area contributed by atoms with Crippen LogP contribution in [-0.2, 0) is 9.59 Å². The molecule has 0 unspecified atom stereocenters. The molecular weight excluding hydrogens is 479 g/mol. The van der Waals surface area contributed by atoms with E-state index in [0.29, 0.717) is 22.0 Å². The number of rotatable bonds is 6. The van der Waals surface area contributed by atoms with Crippen LogP contribution in [0.1, 0.15) is 15.9 Å². The molecule has 3 aromatic carbocycles. The molecule has 7 nitrogen and oxygen atoms in total. The summed E-state index contributed by atoms with van der Waals surface area (Å²) in [5, 5.41) is 2.89. The number of aryl methyl sites for hydroxylation is 1. The zero-order chi connectivity index (χ0) is 24.4. The van der Waals surface area contributed by atoms with Gasteiger partial charge in [0.1, 0.15) is 22.2 Å². The third-order valence-corrected chi connectivity index (χ3v) is 5.62. The second-order valence-corrected chi connectivity index (χ2v) is 8.17. The van der Waals surface area contributed by atoms with E-state index in [9.17, 15) is 14.4 Å². The second-order valence-electron chi connectivity index (χ2n) is 7.36. The van der Waals surface area contributed by atoms with Crippen LogP contribution in [0.2, 0.25) is 5.02 Å². The first-order valence-electron chi connectivity index (χ1n) is 10.1. The number of methoxy groups -OCH3 is 1. The van der Waals surface area contributed by atoms with Crippen LogP contribution in [0, 0.1) is 6.92 Å². The van der Waals surface area contributed by atoms with Gasteiger partial charge in [0.2, 0.25) is 0 Å². The molecule has 0 saturated carbocycles. The minimum atomic E-state index is -0.715. The number of hydrogen-bond acceptors (Lipinski definition) is 6. The number of ether oxygens (including phenoxy) is 2. The highest BCUT2D eigenvalue weighted by molar-refractivity contribution is 6.53. The number of nitrogens with one attached hydrogen (secondary N) is 1. The predicted molar refractivity (Wildman–Crippen MR) is 130 cm³/mol. The van der Waals surface area contributed by atoms with Gasteiger partial charge in [-0.1, -0.05) is 40.9 Å². The van der Waals surface area contributed by atoms with Crippen molar-refractivity contribution < 1.29 is 23.9 Å². The summed E-state index contributed by atoms with van der Waals surface area (Å²) in [7, 11) is 1.41. The Morgan fingerprint density at radius 1 is 0.912 bits per heavy atom. The number of imide groups is 1. The largest absolute Gasteiger partial charge is 0.495 e. The number of carbonyl (C=O) groups excluding carboxylic acids is 3. The average Bonchev–Trinajstić information content (AvgIpc) is 3.04. The molecule has 34 heavy (non-hydrogen) atoms. The lowest BCUT2D eigenvalue weighted by Crippen LogP contribution is -2.32. The zero-order valence-corrected chi connectivity index (χ0v) is 19.6. The van der Waals surface area contributed by atoms with Crippen LogP contribution in [0.15, 0.2) is 77.5 Å². The molecular formula is C25H18Cl2N2O5. The van der Waals surface area contributed by atoms with Crippen molar-refractivity contribution in [2.24, 2.45) is 0 Å². The van der Waals surface area contributed by atoms with Gasteiger partial charge in [0.15, 0.2) is 0 Å². The lowest BCUT2D eigenvalue weighted by Gasteiger charge is -2.18. The first-order valence-corrected chi connectivity index (χ1v) is 10.8. The summed E-state index contributed by atoms with van der Waals surface area (Å²) in [5.74, 6) is -1.19.